The third-order valence-corrected chi connectivity index (χ3v) is 8.88. The maximum absolute atomic E-state index is 13.0. The Balaban J connectivity index is 1.43. The first-order valence-corrected chi connectivity index (χ1v) is 15.7. The average molecular weight is 584 g/mol. The van der Waals surface area contributed by atoms with Crippen LogP contribution in [0.1, 0.15) is 88.5 Å². The van der Waals surface area contributed by atoms with Gasteiger partial charge >= 0.3 is 5.97 Å². The van der Waals surface area contributed by atoms with Gasteiger partial charge in [0.25, 0.3) is 5.91 Å². The van der Waals surface area contributed by atoms with E-state index in [1.807, 2.05) is 29.7 Å². The number of hydrogen-bond donors (Lipinski definition) is 2. The predicted molar refractivity (Wildman–Crippen MR) is 158 cm³/mol. The number of nitrogens with zero attached hydrogens (tertiary/aromatic N) is 3. The van der Waals surface area contributed by atoms with Crippen LogP contribution in [0.5, 0.6) is 0 Å². The minimum absolute atomic E-state index is 0.116. The summed E-state index contributed by atoms with van der Waals surface area (Å²) in [6.07, 6.45) is 6.89. The fourth-order valence-corrected chi connectivity index (χ4v) is 6.76. The van der Waals surface area contributed by atoms with Gasteiger partial charge in [-0.1, -0.05) is 49.2 Å². The second-order valence-corrected chi connectivity index (χ2v) is 11.8. The van der Waals surface area contributed by atoms with Gasteiger partial charge in [0.05, 0.1) is 24.5 Å². The monoisotopic (exact) mass is 583 g/mol. The molecule has 0 saturated heterocycles. The fourth-order valence-electron chi connectivity index (χ4n) is 4.69. The summed E-state index contributed by atoms with van der Waals surface area (Å²) in [5.41, 5.74) is 3.16. The van der Waals surface area contributed by atoms with Crippen LogP contribution in [0.3, 0.4) is 0 Å². The van der Waals surface area contributed by atoms with Gasteiger partial charge < -0.3 is 19.9 Å². The molecule has 4 rings (SSSR count). The Hall–Kier alpha value is -3.18. The molecular formula is C29H37N5O4S2. The minimum atomic E-state index is -0.374. The quantitative estimate of drug-likeness (QED) is 0.163. The van der Waals surface area contributed by atoms with Crippen LogP contribution >= 0.6 is 23.1 Å². The smallest absolute Gasteiger partial charge is 0.341 e. The number of amides is 2. The van der Waals surface area contributed by atoms with E-state index in [0.29, 0.717) is 33.7 Å². The molecule has 1 aliphatic rings. The van der Waals surface area contributed by atoms with Gasteiger partial charge in [-0.25, -0.2) is 4.79 Å². The zero-order valence-electron chi connectivity index (χ0n) is 23.4. The minimum Gasteiger partial charge on any atom is -0.462 e. The SMILES string of the molecule is CCCCn1c(CNC(=O)c2cccc(C)c2)nnc1SCC(=O)Nc1sc2c(c1C(=O)OCC)CCCCC2. The number of thiophene rings is 1. The van der Waals surface area contributed by atoms with E-state index in [0.717, 1.165) is 56.1 Å². The molecule has 1 aliphatic carbocycles. The highest BCUT2D eigenvalue weighted by Gasteiger charge is 2.27. The molecule has 2 aromatic heterocycles. The topological polar surface area (TPSA) is 115 Å². The van der Waals surface area contributed by atoms with E-state index < -0.39 is 0 Å². The van der Waals surface area contributed by atoms with Crippen molar-refractivity contribution in [2.24, 2.45) is 0 Å². The van der Waals surface area contributed by atoms with Gasteiger partial charge in [-0.3, -0.25) is 9.59 Å². The van der Waals surface area contributed by atoms with Crippen molar-refractivity contribution in [1.82, 2.24) is 20.1 Å². The molecule has 1 aromatic carbocycles. The van der Waals surface area contributed by atoms with Crippen molar-refractivity contribution in [3.63, 3.8) is 0 Å². The largest absolute Gasteiger partial charge is 0.462 e. The molecule has 2 amide bonds. The number of aromatic nitrogens is 3. The standard InChI is InChI=1S/C29H37N5O4S2/c1-4-6-15-34-23(17-30-26(36)20-12-10-11-19(3)16-20)32-33-29(34)39-18-24(35)31-27-25(28(37)38-5-2)21-13-8-7-9-14-22(21)40-27/h10-12,16H,4-9,13-15,17-18H2,1-3H3,(H,30,36)(H,31,35). The summed E-state index contributed by atoms with van der Waals surface area (Å²) in [7, 11) is 0. The summed E-state index contributed by atoms with van der Waals surface area (Å²) in [6, 6.07) is 7.43. The molecule has 0 fully saturated rings. The van der Waals surface area contributed by atoms with Crippen LogP contribution in [0.15, 0.2) is 29.4 Å². The molecule has 0 bridgehead atoms. The van der Waals surface area contributed by atoms with Gasteiger partial charge in [0.2, 0.25) is 5.91 Å². The van der Waals surface area contributed by atoms with Crippen molar-refractivity contribution >= 4 is 45.9 Å². The van der Waals surface area contributed by atoms with Gasteiger partial charge in [-0.15, -0.1) is 21.5 Å². The summed E-state index contributed by atoms with van der Waals surface area (Å²) in [6.45, 7) is 7.05. The molecule has 3 aromatic rings. The Morgan fingerprint density at radius 2 is 1.95 bits per heavy atom. The molecule has 0 unspecified atom stereocenters. The molecule has 0 atom stereocenters. The molecule has 214 valence electrons. The molecule has 0 radical (unpaired) electrons. The number of ether oxygens (including phenoxy) is 1. The third-order valence-electron chi connectivity index (χ3n) is 6.70. The van der Waals surface area contributed by atoms with Crippen LogP contribution in [0, 0.1) is 6.92 Å². The number of rotatable bonds is 12. The number of nitrogens with one attached hydrogen (secondary N) is 2. The van der Waals surface area contributed by atoms with E-state index in [1.165, 1.54) is 28.0 Å². The Morgan fingerprint density at radius 3 is 2.73 bits per heavy atom. The molecule has 2 N–H and O–H groups in total. The molecule has 2 heterocycles. The Kier molecular flexibility index (Phi) is 10.8. The first kappa shape index (κ1) is 29.8. The molecular weight excluding hydrogens is 546 g/mol. The Bertz CT molecular complexity index is 1350. The number of esters is 1. The van der Waals surface area contributed by atoms with Crippen LogP contribution in [-0.2, 0) is 35.5 Å². The highest BCUT2D eigenvalue weighted by molar-refractivity contribution is 7.99. The zero-order chi connectivity index (χ0) is 28.5. The third kappa shape index (κ3) is 7.51. The number of anilines is 1. The van der Waals surface area contributed by atoms with Crippen LogP contribution in [-0.4, -0.2) is 44.9 Å². The lowest BCUT2D eigenvalue weighted by Gasteiger charge is -2.11. The first-order valence-electron chi connectivity index (χ1n) is 13.9. The highest BCUT2D eigenvalue weighted by Crippen LogP contribution is 2.38. The number of unbranched alkanes of at least 4 members (excludes halogenated alkanes) is 1. The number of fused-ring (bicyclic) bond motifs is 1. The van der Waals surface area contributed by atoms with Crippen molar-refractivity contribution < 1.29 is 19.1 Å². The number of hydrogen-bond acceptors (Lipinski definition) is 8. The number of aryl methyl sites for hydroxylation is 2. The lowest BCUT2D eigenvalue weighted by Crippen LogP contribution is -2.25. The molecule has 40 heavy (non-hydrogen) atoms. The maximum atomic E-state index is 13.0. The lowest BCUT2D eigenvalue weighted by molar-refractivity contribution is -0.113. The molecule has 0 aliphatic heterocycles. The summed E-state index contributed by atoms with van der Waals surface area (Å²) < 4.78 is 7.30. The highest BCUT2D eigenvalue weighted by atomic mass is 32.2. The van der Waals surface area contributed by atoms with Crippen molar-refractivity contribution in [2.75, 3.05) is 17.7 Å². The van der Waals surface area contributed by atoms with Gasteiger partial charge in [0.15, 0.2) is 11.0 Å². The molecule has 11 heteroatoms. The maximum Gasteiger partial charge on any atom is 0.341 e. The van der Waals surface area contributed by atoms with Gasteiger partial charge in [0.1, 0.15) is 5.00 Å². The van der Waals surface area contributed by atoms with Crippen LogP contribution < -0.4 is 10.6 Å². The Labute approximate surface area is 243 Å². The molecule has 9 nitrogen and oxygen atoms in total. The lowest BCUT2D eigenvalue weighted by atomic mass is 10.1. The van der Waals surface area contributed by atoms with Crippen LogP contribution in [0.25, 0.3) is 0 Å². The number of carbonyl (C=O) groups is 3. The van der Waals surface area contributed by atoms with Gasteiger partial charge in [0, 0.05) is 17.0 Å². The van der Waals surface area contributed by atoms with Crippen LogP contribution in [0.2, 0.25) is 0 Å². The Morgan fingerprint density at radius 1 is 1.12 bits per heavy atom. The summed E-state index contributed by atoms with van der Waals surface area (Å²) in [5, 5.41) is 15.7. The number of thioether (sulfide) groups is 1. The second-order valence-electron chi connectivity index (χ2n) is 9.78. The van der Waals surface area contributed by atoms with Crippen molar-refractivity contribution in [2.45, 2.75) is 84.0 Å². The molecule has 0 spiro atoms. The summed E-state index contributed by atoms with van der Waals surface area (Å²) in [4.78, 5) is 39.7. The van der Waals surface area contributed by atoms with E-state index in [9.17, 15) is 14.4 Å². The van der Waals surface area contributed by atoms with Crippen LogP contribution in [0.4, 0.5) is 5.00 Å². The van der Waals surface area contributed by atoms with E-state index in [1.54, 1.807) is 13.0 Å². The van der Waals surface area contributed by atoms with E-state index in [-0.39, 0.29) is 36.7 Å². The fraction of sp³-hybridized carbons (Fsp3) is 0.483. The number of carbonyl (C=O) groups excluding carboxylic acids is 3. The summed E-state index contributed by atoms with van der Waals surface area (Å²) in [5.74, 6) is -0.00377. The van der Waals surface area contributed by atoms with E-state index in [2.05, 4.69) is 27.8 Å². The first-order chi connectivity index (χ1) is 19.4. The van der Waals surface area contributed by atoms with E-state index >= 15 is 0 Å². The normalized spacial score (nSPS) is 12.9. The van der Waals surface area contributed by atoms with Gasteiger partial charge in [-0.05, 0) is 63.6 Å². The molecule has 0 saturated carbocycles. The summed E-state index contributed by atoms with van der Waals surface area (Å²) >= 11 is 2.78. The predicted octanol–water partition coefficient (Wildman–Crippen LogP) is 5.55. The zero-order valence-corrected chi connectivity index (χ0v) is 25.0. The van der Waals surface area contributed by atoms with E-state index in [4.69, 9.17) is 4.74 Å². The van der Waals surface area contributed by atoms with Gasteiger partial charge in [-0.2, -0.15) is 0 Å². The number of benzene rings is 1. The average Bonchev–Trinajstić information content (AvgIpc) is 3.40. The van der Waals surface area contributed by atoms with Crippen molar-refractivity contribution in [3.8, 4) is 0 Å². The second kappa shape index (κ2) is 14.5. The van der Waals surface area contributed by atoms with Crippen molar-refractivity contribution in [3.05, 3.63) is 57.2 Å². The van der Waals surface area contributed by atoms with Crippen molar-refractivity contribution in [1.29, 1.82) is 0 Å².